The van der Waals surface area contributed by atoms with Gasteiger partial charge in [-0.05, 0) is 51.2 Å². The summed E-state index contributed by atoms with van der Waals surface area (Å²) < 4.78 is 16.9. The molecule has 0 radical (unpaired) electrons. The van der Waals surface area contributed by atoms with Gasteiger partial charge >= 0.3 is 0 Å². The molecular weight excluding hydrogens is 500 g/mol. The first-order chi connectivity index (χ1) is 18.6. The minimum atomic E-state index is 0.102. The molecule has 1 fully saturated rings. The molecule has 6 rings (SSSR count). The average Bonchev–Trinajstić information content (AvgIpc) is 3.58. The van der Waals surface area contributed by atoms with E-state index in [9.17, 15) is 4.79 Å². The van der Waals surface area contributed by atoms with E-state index >= 15 is 0 Å². The number of aryl methyl sites for hydroxylation is 1. The van der Waals surface area contributed by atoms with Crippen LogP contribution in [-0.4, -0.2) is 60.4 Å². The van der Waals surface area contributed by atoms with Crippen LogP contribution < -0.4 is 14.4 Å². The SMILES string of the molecule is Cc1nc(CC(=O)N(CCC2=CCCCC2)Cc2cc3cc4c(cc3nc2N2CCOCC2)OCO4)cs1. The van der Waals surface area contributed by atoms with Gasteiger partial charge in [-0.15, -0.1) is 11.3 Å². The maximum atomic E-state index is 13.7. The molecule has 2 aromatic heterocycles. The summed E-state index contributed by atoms with van der Waals surface area (Å²) in [6.07, 6.45) is 8.38. The Morgan fingerprint density at radius 2 is 1.95 bits per heavy atom. The van der Waals surface area contributed by atoms with Crippen molar-refractivity contribution in [1.82, 2.24) is 14.9 Å². The Bertz CT molecular complexity index is 1350. The topological polar surface area (TPSA) is 77.0 Å². The van der Waals surface area contributed by atoms with E-state index in [2.05, 4.69) is 22.0 Å². The number of nitrogens with zero attached hydrogens (tertiary/aromatic N) is 4. The lowest BCUT2D eigenvalue weighted by Gasteiger charge is -2.31. The van der Waals surface area contributed by atoms with E-state index in [1.54, 1.807) is 11.3 Å². The fraction of sp³-hybridized carbons (Fsp3) is 0.483. The number of hydrogen-bond acceptors (Lipinski definition) is 8. The molecule has 0 saturated carbocycles. The van der Waals surface area contributed by atoms with Crippen LogP contribution in [0.1, 0.15) is 48.4 Å². The lowest BCUT2D eigenvalue weighted by Crippen LogP contribution is -2.38. The molecule has 0 unspecified atom stereocenters. The van der Waals surface area contributed by atoms with Crippen LogP contribution in [-0.2, 0) is 22.5 Å². The van der Waals surface area contributed by atoms with Gasteiger partial charge in [-0.3, -0.25) is 4.79 Å². The molecule has 1 amide bonds. The molecule has 4 heterocycles. The van der Waals surface area contributed by atoms with Gasteiger partial charge in [0.1, 0.15) is 5.82 Å². The summed E-state index contributed by atoms with van der Waals surface area (Å²) in [6.45, 7) is 6.27. The first-order valence-corrected chi connectivity index (χ1v) is 14.4. The molecule has 0 bridgehead atoms. The zero-order valence-electron chi connectivity index (χ0n) is 21.9. The summed E-state index contributed by atoms with van der Waals surface area (Å²) in [5.74, 6) is 2.48. The van der Waals surface area contributed by atoms with Crippen LogP contribution in [0.2, 0.25) is 0 Å². The van der Waals surface area contributed by atoms with Gasteiger partial charge in [0.2, 0.25) is 12.7 Å². The number of pyridine rings is 1. The molecule has 200 valence electrons. The second-order valence-corrected chi connectivity index (χ2v) is 11.2. The minimum Gasteiger partial charge on any atom is -0.454 e. The van der Waals surface area contributed by atoms with Crippen molar-refractivity contribution in [1.29, 1.82) is 0 Å². The molecule has 9 heteroatoms. The van der Waals surface area contributed by atoms with Crippen molar-refractivity contribution in [3.05, 3.63) is 51.5 Å². The summed E-state index contributed by atoms with van der Waals surface area (Å²) in [7, 11) is 0. The number of benzene rings is 1. The van der Waals surface area contributed by atoms with Crippen molar-refractivity contribution in [3.8, 4) is 11.5 Å². The van der Waals surface area contributed by atoms with E-state index in [1.165, 1.54) is 18.4 Å². The quantitative estimate of drug-likeness (QED) is 0.375. The summed E-state index contributed by atoms with van der Waals surface area (Å²) in [5.41, 5.74) is 4.22. The third-order valence-electron chi connectivity index (χ3n) is 7.48. The average molecular weight is 535 g/mol. The van der Waals surface area contributed by atoms with Gasteiger partial charge in [-0.1, -0.05) is 11.6 Å². The zero-order valence-corrected chi connectivity index (χ0v) is 22.7. The number of allylic oxidation sites excluding steroid dienone is 1. The van der Waals surface area contributed by atoms with Gasteiger partial charge < -0.3 is 24.0 Å². The Kier molecular flexibility index (Phi) is 7.47. The number of ether oxygens (including phenoxy) is 3. The maximum absolute atomic E-state index is 13.7. The minimum absolute atomic E-state index is 0.102. The summed E-state index contributed by atoms with van der Waals surface area (Å²) in [6, 6.07) is 6.12. The van der Waals surface area contributed by atoms with Crippen molar-refractivity contribution in [3.63, 3.8) is 0 Å². The molecule has 8 nitrogen and oxygen atoms in total. The van der Waals surface area contributed by atoms with Crippen molar-refractivity contribution in [2.45, 2.75) is 52.0 Å². The first kappa shape index (κ1) is 25.1. The van der Waals surface area contributed by atoms with Gasteiger partial charge in [-0.2, -0.15) is 0 Å². The molecule has 1 aliphatic carbocycles. The first-order valence-electron chi connectivity index (χ1n) is 13.5. The standard InChI is InChI=1S/C29H34N4O4S/c1-20-30-24(18-38-20)15-28(34)33(8-7-21-5-3-2-4-6-21)17-23-13-22-14-26-27(37-19-36-26)16-25(22)31-29(23)32-9-11-35-12-10-32/h5,13-14,16,18H,2-4,6-12,15,17,19H2,1H3. The lowest BCUT2D eigenvalue weighted by molar-refractivity contribution is -0.131. The normalized spacial score (nSPS) is 17.1. The largest absolute Gasteiger partial charge is 0.454 e. The van der Waals surface area contributed by atoms with Crippen LogP contribution in [0.15, 0.2) is 35.2 Å². The fourth-order valence-corrected chi connectivity index (χ4v) is 6.04. The van der Waals surface area contributed by atoms with Gasteiger partial charge in [0, 0.05) is 48.6 Å². The monoisotopic (exact) mass is 534 g/mol. The highest BCUT2D eigenvalue weighted by Crippen LogP contribution is 2.37. The van der Waals surface area contributed by atoms with E-state index in [-0.39, 0.29) is 12.7 Å². The number of fused-ring (bicyclic) bond motifs is 2. The van der Waals surface area contributed by atoms with Gasteiger partial charge in [0.25, 0.3) is 0 Å². The lowest BCUT2D eigenvalue weighted by atomic mass is 9.97. The highest BCUT2D eigenvalue weighted by atomic mass is 32.1. The second kappa shape index (κ2) is 11.3. The smallest absolute Gasteiger partial charge is 0.231 e. The van der Waals surface area contributed by atoms with Crippen LogP contribution in [0.25, 0.3) is 10.9 Å². The Balaban J connectivity index is 1.33. The predicted molar refractivity (Wildman–Crippen MR) is 148 cm³/mol. The van der Waals surface area contributed by atoms with Gasteiger partial charge in [0.15, 0.2) is 11.5 Å². The zero-order chi connectivity index (χ0) is 25.9. The van der Waals surface area contributed by atoms with Crippen LogP contribution in [0.4, 0.5) is 5.82 Å². The Morgan fingerprint density at radius 3 is 2.71 bits per heavy atom. The van der Waals surface area contributed by atoms with Gasteiger partial charge in [0.05, 0.1) is 35.9 Å². The highest BCUT2D eigenvalue weighted by Gasteiger charge is 2.24. The molecular formula is C29H34N4O4S. The third-order valence-corrected chi connectivity index (χ3v) is 8.30. The van der Waals surface area contributed by atoms with Crippen LogP contribution in [0, 0.1) is 6.92 Å². The fourth-order valence-electron chi connectivity index (χ4n) is 5.43. The summed E-state index contributed by atoms with van der Waals surface area (Å²) in [5, 5.41) is 3.96. The number of morpholine rings is 1. The number of aromatic nitrogens is 2. The van der Waals surface area contributed by atoms with E-state index in [0.717, 1.165) is 76.8 Å². The summed E-state index contributed by atoms with van der Waals surface area (Å²) >= 11 is 1.59. The number of carbonyl (C=O) groups is 1. The predicted octanol–water partition coefficient (Wildman–Crippen LogP) is 5.03. The molecule has 1 saturated heterocycles. The number of thiazole rings is 1. The molecule has 2 aliphatic heterocycles. The number of amides is 1. The van der Waals surface area contributed by atoms with Crippen molar-refractivity contribution < 1.29 is 19.0 Å². The molecule has 38 heavy (non-hydrogen) atoms. The van der Waals surface area contributed by atoms with Crippen LogP contribution in [0.3, 0.4) is 0 Å². The highest BCUT2D eigenvalue weighted by molar-refractivity contribution is 7.09. The number of carbonyl (C=O) groups excluding carboxylic acids is 1. The Labute approximate surface area is 227 Å². The Morgan fingerprint density at radius 1 is 1.11 bits per heavy atom. The van der Waals surface area contributed by atoms with E-state index < -0.39 is 0 Å². The van der Waals surface area contributed by atoms with Crippen molar-refractivity contribution in [2.75, 3.05) is 44.5 Å². The maximum Gasteiger partial charge on any atom is 0.231 e. The van der Waals surface area contributed by atoms with Gasteiger partial charge in [-0.25, -0.2) is 9.97 Å². The molecule has 1 aromatic carbocycles. The number of hydrogen-bond donors (Lipinski definition) is 0. The molecule has 0 spiro atoms. The number of rotatable bonds is 8. The van der Waals surface area contributed by atoms with Crippen LogP contribution >= 0.6 is 11.3 Å². The molecule has 0 atom stereocenters. The molecule has 3 aliphatic rings. The van der Waals surface area contributed by atoms with E-state index in [0.29, 0.717) is 32.7 Å². The van der Waals surface area contributed by atoms with Crippen LogP contribution in [0.5, 0.6) is 11.5 Å². The second-order valence-electron chi connectivity index (χ2n) is 10.2. The number of anilines is 1. The molecule has 3 aromatic rings. The van der Waals surface area contributed by atoms with Crippen molar-refractivity contribution in [2.24, 2.45) is 0 Å². The summed E-state index contributed by atoms with van der Waals surface area (Å²) in [4.78, 5) is 27.6. The third kappa shape index (κ3) is 5.63. The van der Waals surface area contributed by atoms with E-state index in [1.807, 2.05) is 29.3 Å². The molecule has 0 N–H and O–H groups in total. The van der Waals surface area contributed by atoms with E-state index in [4.69, 9.17) is 19.2 Å². The van der Waals surface area contributed by atoms with Crippen molar-refractivity contribution >= 4 is 34.0 Å². The Hall–Kier alpha value is -3.17.